The lowest BCUT2D eigenvalue weighted by Gasteiger charge is -2.19. The van der Waals surface area contributed by atoms with E-state index in [0.29, 0.717) is 12.1 Å². The van der Waals surface area contributed by atoms with E-state index in [1.54, 1.807) is 42.5 Å². The van der Waals surface area contributed by atoms with Gasteiger partial charge < -0.3 is 10.1 Å². The monoisotopic (exact) mass is 519 g/mol. The second kappa shape index (κ2) is 11.1. The number of benzene rings is 2. The number of thiocarbonyl (C=S) groups is 1. The van der Waals surface area contributed by atoms with Gasteiger partial charge in [0.05, 0.1) is 19.6 Å². The maximum atomic E-state index is 13.3. The van der Waals surface area contributed by atoms with Gasteiger partial charge >= 0.3 is 5.97 Å². The van der Waals surface area contributed by atoms with E-state index in [1.807, 2.05) is 17.5 Å². The molecule has 0 atom stereocenters. The van der Waals surface area contributed by atoms with Crippen LogP contribution in [0.15, 0.2) is 65.1 Å². The molecule has 0 fully saturated rings. The zero-order valence-corrected chi connectivity index (χ0v) is 20.8. The van der Waals surface area contributed by atoms with Gasteiger partial charge in [-0.05, 0) is 30.6 Å². The third kappa shape index (κ3) is 5.29. The molecular weight excluding hydrogens is 498 g/mol. The van der Waals surface area contributed by atoms with Crippen LogP contribution in [-0.4, -0.2) is 40.8 Å². The normalized spacial score (nSPS) is 12.4. The number of hydrazone groups is 1. The summed E-state index contributed by atoms with van der Waals surface area (Å²) in [6, 6.07) is 14.8. The van der Waals surface area contributed by atoms with Crippen molar-refractivity contribution in [2.75, 3.05) is 6.61 Å². The van der Waals surface area contributed by atoms with E-state index < -0.39 is 24.0 Å². The lowest BCUT2D eigenvalue weighted by atomic mass is 9.80. The first-order chi connectivity index (χ1) is 17.4. The molecule has 2 aromatic carbocycles. The van der Waals surface area contributed by atoms with Gasteiger partial charge in [-0.25, -0.2) is 4.79 Å². The van der Waals surface area contributed by atoms with Crippen LogP contribution in [0, 0.1) is 0 Å². The van der Waals surface area contributed by atoms with E-state index in [9.17, 15) is 19.2 Å². The van der Waals surface area contributed by atoms with Crippen molar-refractivity contribution in [1.82, 2.24) is 10.7 Å². The van der Waals surface area contributed by atoms with Gasteiger partial charge in [0.2, 0.25) is 0 Å². The van der Waals surface area contributed by atoms with Crippen molar-refractivity contribution < 1.29 is 23.9 Å². The lowest BCUT2D eigenvalue weighted by molar-refractivity contribution is -0.135. The fourth-order valence-corrected chi connectivity index (χ4v) is 4.50. The van der Waals surface area contributed by atoms with E-state index in [4.69, 9.17) is 17.0 Å². The molecular formula is C26H21N3O5S2. The first kappa shape index (κ1) is 25.1. The molecule has 1 aromatic heterocycles. The van der Waals surface area contributed by atoms with Crippen LogP contribution in [0.25, 0.3) is 0 Å². The second-order valence-corrected chi connectivity index (χ2v) is 9.13. The van der Waals surface area contributed by atoms with Gasteiger partial charge in [-0.1, -0.05) is 48.5 Å². The smallest absolute Gasteiger partial charge is 0.354 e. The predicted octanol–water partition coefficient (Wildman–Crippen LogP) is 3.68. The Morgan fingerprint density at radius 2 is 1.69 bits per heavy atom. The highest BCUT2D eigenvalue weighted by Crippen LogP contribution is 2.30. The number of hydrogen-bond acceptors (Lipinski definition) is 8. The van der Waals surface area contributed by atoms with Gasteiger partial charge in [0, 0.05) is 32.7 Å². The number of thiophene rings is 1. The second-order valence-electron chi connectivity index (χ2n) is 7.68. The molecule has 0 spiro atoms. The number of carbonyl (C=O) groups excluding carboxylic acids is 4. The zero-order chi connectivity index (χ0) is 25.7. The minimum Gasteiger partial charge on any atom is -0.461 e. The largest absolute Gasteiger partial charge is 0.461 e. The van der Waals surface area contributed by atoms with Crippen LogP contribution in [0.4, 0.5) is 0 Å². The molecule has 1 aliphatic carbocycles. The highest BCUT2D eigenvalue weighted by molar-refractivity contribution is 7.80. The summed E-state index contributed by atoms with van der Waals surface area (Å²) in [5.41, 5.74) is 3.10. The molecule has 4 rings (SSSR count). The molecule has 3 aromatic rings. The number of ether oxygens (including phenoxy) is 1. The Balaban J connectivity index is 1.57. The molecule has 0 aliphatic heterocycles. The number of nitrogens with one attached hydrogen (secondary N) is 2. The molecule has 1 heterocycles. The van der Waals surface area contributed by atoms with Crippen LogP contribution in [0.3, 0.4) is 0 Å². The fourth-order valence-electron chi connectivity index (χ4n) is 3.73. The van der Waals surface area contributed by atoms with E-state index in [1.165, 1.54) is 18.2 Å². The first-order valence-corrected chi connectivity index (χ1v) is 12.3. The minimum atomic E-state index is -0.794. The third-order valence-electron chi connectivity index (χ3n) is 5.39. The highest BCUT2D eigenvalue weighted by atomic mass is 32.1. The molecule has 0 amide bonds. The Hall–Kier alpha value is -4.02. The molecule has 0 saturated carbocycles. The van der Waals surface area contributed by atoms with Gasteiger partial charge in [0.15, 0.2) is 28.2 Å². The number of esters is 1. The summed E-state index contributed by atoms with van der Waals surface area (Å²) in [6.07, 6.45) is -0.459. The number of hydrogen-bond donors (Lipinski definition) is 2. The highest BCUT2D eigenvalue weighted by Gasteiger charge is 2.33. The maximum absolute atomic E-state index is 13.3. The summed E-state index contributed by atoms with van der Waals surface area (Å²) < 4.78 is 5.04. The van der Waals surface area contributed by atoms with Gasteiger partial charge in [0.1, 0.15) is 0 Å². The van der Waals surface area contributed by atoms with E-state index in [-0.39, 0.29) is 45.5 Å². The fraction of sp³-hybridized carbons (Fsp3) is 0.154. The third-order valence-corrected chi connectivity index (χ3v) is 6.50. The Morgan fingerprint density at radius 3 is 2.39 bits per heavy atom. The summed E-state index contributed by atoms with van der Waals surface area (Å²) >= 11 is 6.76. The first-order valence-electron chi connectivity index (χ1n) is 11.0. The van der Waals surface area contributed by atoms with Crippen LogP contribution < -0.4 is 10.7 Å². The van der Waals surface area contributed by atoms with Crippen LogP contribution in [0.5, 0.6) is 0 Å². The van der Waals surface area contributed by atoms with Crippen LogP contribution in [0.1, 0.15) is 60.4 Å². The maximum Gasteiger partial charge on any atom is 0.354 e. The SMILES string of the molecule is CCOC(=O)/C(CC(=O)c1cccc2c1C(=O)c1ccccc1C2=O)=N\NC(=S)NCc1cccs1. The summed E-state index contributed by atoms with van der Waals surface area (Å²) in [6.45, 7) is 2.19. The van der Waals surface area contributed by atoms with Crippen molar-refractivity contribution in [3.05, 3.63) is 92.7 Å². The van der Waals surface area contributed by atoms with Crippen molar-refractivity contribution in [3.8, 4) is 0 Å². The zero-order valence-electron chi connectivity index (χ0n) is 19.2. The van der Waals surface area contributed by atoms with E-state index in [0.717, 1.165) is 4.88 Å². The molecule has 0 unspecified atom stereocenters. The summed E-state index contributed by atoms with van der Waals surface area (Å²) in [4.78, 5) is 53.1. The van der Waals surface area contributed by atoms with Crippen molar-refractivity contribution in [2.45, 2.75) is 19.9 Å². The number of rotatable bonds is 8. The lowest BCUT2D eigenvalue weighted by Crippen LogP contribution is -2.34. The summed E-state index contributed by atoms with van der Waals surface area (Å²) in [5, 5.41) is 9.07. The number of carbonyl (C=O) groups is 4. The van der Waals surface area contributed by atoms with E-state index >= 15 is 0 Å². The average molecular weight is 520 g/mol. The minimum absolute atomic E-state index is 0.0236. The quantitative estimate of drug-likeness (QED) is 0.119. The molecule has 36 heavy (non-hydrogen) atoms. The van der Waals surface area contributed by atoms with Crippen LogP contribution >= 0.6 is 23.6 Å². The number of ketones is 3. The summed E-state index contributed by atoms with van der Waals surface area (Å²) in [5.74, 6) is -2.11. The molecule has 8 nitrogen and oxygen atoms in total. The van der Waals surface area contributed by atoms with E-state index in [2.05, 4.69) is 15.8 Å². The van der Waals surface area contributed by atoms with Crippen molar-refractivity contribution in [2.24, 2.45) is 5.10 Å². The molecule has 2 N–H and O–H groups in total. The Bertz CT molecular complexity index is 1400. The van der Waals surface area contributed by atoms with Crippen molar-refractivity contribution >= 4 is 57.7 Å². The topological polar surface area (TPSA) is 114 Å². The number of Topliss-reactive ketones (excluding diaryl/α,β-unsaturated/α-hetero) is 1. The van der Waals surface area contributed by atoms with Gasteiger partial charge in [-0.3, -0.25) is 19.8 Å². The number of nitrogens with zero attached hydrogens (tertiary/aromatic N) is 1. The van der Waals surface area contributed by atoms with Crippen molar-refractivity contribution in [3.63, 3.8) is 0 Å². The van der Waals surface area contributed by atoms with Gasteiger partial charge in [0.25, 0.3) is 0 Å². The molecule has 0 bridgehead atoms. The molecule has 182 valence electrons. The Kier molecular flexibility index (Phi) is 7.77. The predicted molar refractivity (Wildman–Crippen MR) is 140 cm³/mol. The Morgan fingerprint density at radius 1 is 0.972 bits per heavy atom. The van der Waals surface area contributed by atoms with Crippen LogP contribution in [-0.2, 0) is 16.1 Å². The number of fused-ring (bicyclic) bond motifs is 2. The Labute approximate surface area is 216 Å². The van der Waals surface area contributed by atoms with Crippen molar-refractivity contribution in [1.29, 1.82) is 0 Å². The van der Waals surface area contributed by atoms with Crippen LogP contribution in [0.2, 0.25) is 0 Å². The van der Waals surface area contributed by atoms with Gasteiger partial charge in [-0.15, -0.1) is 11.3 Å². The average Bonchev–Trinajstić information content (AvgIpc) is 3.42. The standard InChI is InChI=1S/C26H21N3O5S2/c1-2-34-25(33)20(28-29-26(35)27-14-15-7-6-12-36-15)13-21(30)18-10-5-11-19-22(18)24(32)17-9-4-3-8-16(17)23(19)31/h3-12H,2,13-14H2,1H3,(H2,27,29,35)/b28-20-. The summed E-state index contributed by atoms with van der Waals surface area (Å²) in [7, 11) is 0. The van der Waals surface area contributed by atoms with Gasteiger partial charge in [-0.2, -0.15) is 5.10 Å². The molecule has 0 saturated heterocycles. The molecule has 1 aliphatic rings. The molecule has 0 radical (unpaired) electrons. The molecule has 10 heteroatoms.